The largest absolute Gasteiger partial charge is 0.478 e. The highest BCUT2D eigenvalue weighted by molar-refractivity contribution is 5.85. The lowest BCUT2D eigenvalue weighted by Crippen LogP contribution is -1.97. The minimum atomic E-state index is -0.929. The van der Waals surface area contributed by atoms with Crippen molar-refractivity contribution < 1.29 is 14.3 Å². The summed E-state index contributed by atoms with van der Waals surface area (Å²) in [6.07, 6.45) is 8.16. The summed E-state index contributed by atoms with van der Waals surface area (Å²) in [6.45, 7) is 3.44. The minimum absolute atomic E-state index is 0.238. The van der Waals surface area contributed by atoms with E-state index in [0.717, 1.165) is 5.56 Å². The molecule has 74 valence electrons. The van der Waals surface area contributed by atoms with Crippen molar-refractivity contribution in [3.63, 3.8) is 0 Å². The van der Waals surface area contributed by atoms with E-state index in [1.54, 1.807) is 12.5 Å². The van der Waals surface area contributed by atoms with Gasteiger partial charge in [0, 0.05) is 11.1 Å². The molecule has 3 heteroatoms. The van der Waals surface area contributed by atoms with Crippen LogP contribution in [0.1, 0.15) is 18.4 Å². The molecule has 0 aromatic carbocycles. The van der Waals surface area contributed by atoms with Gasteiger partial charge in [-0.25, -0.2) is 4.79 Å². The average Bonchev–Trinajstić information content (AvgIpc) is 2.64. The third-order valence-corrected chi connectivity index (χ3v) is 1.77. The van der Waals surface area contributed by atoms with Crippen LogP contribution in [0.3, 0.4) is 0 Å². The van der Waals surface area contributed by atoms with Crippen LogP contribution in [0, 0.1) is 0 Å². The lowest BCUT2D eigenvalue weighted by Gasteiger charge is -1.94. The highest BCUT2D eigenvalue weighted by atomic mass is 16.4. The van der Waals surface area contributed by atoms with Gasteiger partial charge in [0.05, 0.1) is 12.5 Å². The van der Waals surface area contributed by atoms with E-state index in [9.17, 15) is 4.79 Å². The number of aliphatic carboxylic acids is 1. The van der Waals surface area contributed by atoms with Crippen molar-refractivity contribution in [1.29, 1.82) is 0 Å². The fourth-order valence-corrected chi connectivity index (χ4v) is 0.954. The second kappa shape index (κ2) is 5.07. The summed E-state index contributed by atoms with van der Waals surface area (Å²) in [5.74, 6) is -0.929. The maximum absolute atomic E-state index is 10.4. The average molecular weight is 192 g/mol. The van der Waals surface area contributed by atoms with Gasteiger partial charge in [0.15, 0.2) is 0 Å². The number of hydrogen-bond acceptors (Lipinski definition) is 2. The molecule has 1 aromatic rings. The minimum Gasteiger partial charge on any atom is -0.478 e. The zero-order chi connectivity index (χ0) is 10.4. The van der Waals surface area contributed by atoms with Gasteiger partial charge < -0.3 is 9.52 Å². The number of allylic oxidation sites excluding steroid dienone is 1. The Labute approximate surface area is 82.4 Å². The highest BCUT2D eigenvalue weighted by Crippen LogP contribution is 2.07. The van der Waals surface area contributed by atoms with Gasteiger partial charge in [-0.15, -0.1) is 0 Å². The monoisotopic (exact) mass is 192 g/mol. The molecule has 0 atom stereocenters. The number of carbonyl (C=O) groups is 1. The quantitative estimate of drug-likeness (QED) is 0.729. The maximum atomic E-state index is 10.4. The van der Waals surface area contributed by atoms with Gasteiger partial charge in [0.1, 0.15) is 0 Å². The molecule has 0 spiro atoms. The van der Waals surface area contributed by atoms with Crippen molar-refractivity contribution in [3.8, 4) is 0 Å². The van der Waals surface area contributed by atoms with Crippen molar-refractivity contribution in [3.05, 3.63) is 42.4 Å². The van der Waals surface area contributed by atoms with Crippen LogP contribution >= 0.6 is 0 Å². The number of furan rings is 1. The molecule has 0 fully saturated rings. The number of carboxylic acids is 1. The molecule has 1 aromatic heterocycles. The maximum Gasteiger partial charge on any atom is 0.330 e. The Morgan fingerprint density at radius 2 is 2.43 bits per heavy atom. The van der Waals surface area contributed by atoms with E-state index in [0.29, 0.717) is 12.8 Å². The highest BCUT2D eigenvalue weighted by Gasteiger charge is 2.00. The van der Waals surface area contributed by atoms with Crippen LogP contribution in [0.4, 0.5) is 0 Å². The number of hydrogen-bond donors (Lipinski definition) is 1. The predicted octanol–water partition coefficient (Wildman–Crippen LogP) is 2.71. The topological polar surface area (TPSA) is 50.4 Å². The van der Waals surface area contributed by atoms with Crippen LogP contribution in [0.15, 0.2) is 41.2 Å². The van der Waals surface area contributed by atoms with E-state index in [1.807, 2.05) is 18.2 Å². The predicted molar refractivity (Wildman–Crippen MR) is 53.8 cm³/mol. The SMILES string of the molecule is C=C(CCC=Cc1ccoc1)C(=O)O. The van der Waals surface area contributed by atoms with E-state index >= 15 is 0 Å². The third-order valence-electron chi connectivity index (χ3n) is 1.77. The number of rotatable bonds is 5. The summed E-state index contributed by atoms with van der Waals surface area (Å²) in [5, 5.41) is 8.53. The lowest BCUT2D eigenvalue weighted by atomic mass is 10.1. The molecule has 0 saturated carbocycles. The molecule has 0 bridgehead atoms. The van der Waals surface area contributed by atoms with E-state index in [4.69, 9.17) is 9.52 Å². The van der Waals surface area contributed by atoms with Crippen LogP contribution in [-0.4, -0.2) is 11.1 Å². The molecule has 0 aliphatic heterocycles. The van der Waals surface area contributed by atoms with Gasteiger partial charge in [-0.3, -0.25) is 0 Å². The Morgan fingerprint density at radius 1 is 1.64 bits per heavy atom. The van der Waals surface area contributed by atoms with Gasteiger partial charge >= 0.3 is 5.97 Å². The smallest absolute Gasteiger partial charge is 0.330 e. The molecule has 0 amide bonds. The lowest BCUT2D eigenvalue weighted by molar-refractivity contribution is -0.132. The van der Waals surface area contributed by atoms with Crippen molar-refractivity contribution >= 4 is 12.0 Å². The molecule has 14 heavy (non-hydrogen) atoms. The van der Waals surface area contributed by atoms with Crippen LogP contribution < -0.4 is 0 Å². The fraction of sp³-hybridized carbons (Fsp3) is 0.182. The third kappa shape index (κ3) is 3.31. The summed E-state index contributed by atoms with van der Waals surface area (Å²) in [6, 6.07) is 1.84. The molecule has 3 nitrogen and oxygen atoms in total. The summed E-state index contributed by atoms with van der Waals surface area (Å²) in [7, 11) is 0. The first-order chi connectivity index (χ1) is 6.70. The molecule has 1 N–H and O–H groups in total. The van der Waals surface area contributed by atoms with Crippen molar-refractivity contribution in [1.82, 2.24) is 0 Å². The molecular formula is C11H12O3. The zero-order valence-corrected chi connectivity index (χ0v) is 7.77. The Hall–Kier alpha value is -1.77. The first-order valence-corrected chi connectivity index (χ1v) is 4.30. The fourth-order valence-electron chi connectivity index (χ4n) is 0.954. The second-order valence-corrected chi connectivity index (χ2v) is 2.91. The van der Waals surface area contributed by atoms with E-state index in [-0.39, 0.29) is 5.57 Å². The van der Waals surface area contributed by atoms with E-state index in [1.165, 1.54) is 0 Å². The number of carboxylic acid groups (broad SMARTS) is 1. The first-order valence-electron chi connectivity index (χ1n) is 4.30. The molecule has 0 unspecified atom stereocenters. The van der Waals surface area contributed by atoms with Gasteiger partial charge in [0.2, 0.25) is 0 Å². The summed E-state index contributed by atoms with van der Waals surface area (Å²) < 4.78 is 4.87. The van der Waals surface area contributed by atoms with E-state index in [2.05, 4.69) is 6.58 Å². The standard InChI is InChI=1S/C11H12O3/c1-9(11(12)13)4-2-3-5-10-6-7-14-8-10/h3,5-8H,1-2,4H2,(H,12,13). The first kappa shape index (κ1) is 10.3. The summed E-state index contributed by atoms with van der Waals surface area (Å²) in [4.78, 5) is 10.4. The molecular weight excluding hydrogens is 180 g/mol. The van der Waals surface area contributed by atoms with Crippen LogP contribution in [0.2, 0.25) is 0 Å². The summed E-state index contributed by atoms with van der Waals surface area (Å²) in [5.41, 5.74) is 1.22. The Morgan fingerprint density at radius 3 is 3.00 bits per heavy atom. The molecule has 0 radical (unpaired) electrons. The van der Waals surface area contributed by atoms with Crippen LogP contribution in [0.5, 0.6) is 0 Å². The Balaban J connectivity index is 2.28. The van der Waals surface area contributed by atoms with Gasteiger partial charge in [-0.2, -0.15) is 0 Å². The molecule has 1 heterocycles. The molecule has 0 aliphatic carbocycles. The van der Waals surface area contributed by atoms with Crippen LogP contribution in [-0.2, 0) is 4.79 Å². The van der Waals surface area contributed by atoms with Gasteiger partial charge in [-0.05, 0) is 18.9 Å². The summed E-state index contributed by atoms with van der Waals surface area (Å²) >= 11 is 0. The molecule has 1 rings (SSSR count). The normalized spacial score (nSPS) is 10.6. The van der Waals surface area contributed by atoms with Crippen LogP contribution in [0.25, 0.3) is 6.08 Å². The van der Waals surface area contributed by atoms with Crippen molar-refractivity contribution in [2.75, 3.05) is 0 Å². The van der Waals surface area contributed by atoms with Gasteiger partial charge in [-0.1, -0.05) is 18.7 Å². The van der Waals surface area contributed by atoms with Gasteiger partial charge in [0.25, 0.3) is 0 Å². The molecule has 0 saturated heterocycles. The van der Waals surface area contributed by atoms with E-state index < -0.39 is 5.97 Å². The molecule has 0 aliphatic rings. The van der Waals surface area contributed by atoms with Crippen molar-refractivity contribution in [2.24, 2.45) is 0 Å². The Kier molecular flexibility index (Phi) is 3.73. The zero-order valence-electron chi connectivity index (χ0n) is 7.77. The Bertz CT molecular complexity index is 333. The second-order valence-electron chi connectivity index (χ2n) is 2.91. The van der Waals surface area contributed by atoms with Crippen molar-refractivity contribution in [2.45, 2.75) is 12.8 Å².